The zero-order valence-electron chi connectivity index (χ0n) is 9.08. The van der Waals surface area contributed by atoms with E-state index in [2.05, 4.69) is 0 Å². The van der Waals surface area contributed by atoms with E-state index in [-0.39, 0.29) is 19.6 Å². The highest BCUT2D eigenvalue weighted by Gasteiger charge is 2.19. The number of aliphatic hydroxyl groups is 4. The molecule has 1 rings (SSSR count). The average Bonchev–Trinajstić information content (AvgIpc) is 2.29. The molecule has 4 N–H and O–H groups in total. The Kier molecular flexibility index (Phi) is 5.42. The van der Waals surface area contributed by atoms with Gasteiger partial charge in [0.25, 0.3) is 0 Å². The van der Waals surface area contributed by atoms with Crippen molar-refractivity contribution in [1.82, 2.24) is 0 Å². The van der Waals surface area contributed by atoms with Gasteiger partial charge in [0, 0.05) is 13.2 Å². The van der Waals surface area contributed by atoms with Crippen molar-refractivity contribution in [2.24, 2.45) is 0 Å². The van der Waals surface area contributed by atoms with Crippen LogP contribution in [0.15, 0.2) is 24.3 Å². The highest BCUT2D eigenvalue weighted by atomic mass is 16.3. The number of hydrogen-bond acceptors (Lipinski definition) is 4. The average molecular weight is 226 g/mol. The molecule has 1 aromatic rings. The Morgan fingerprint density at radius 2 is 1.69 bits per heavy atom. The topological polar surface area (TPSA) is 80.9 Å². The van der Waals surface area contributed by atoms with Gasteiger partial charge < -0.3 is 20.4 Å². The molecular weight excluding hydrogens is 208 g/mol. The Hall–Kier alpha value is -0.940. The summed E-state index contributed by atoms with van der Waals surface area (Å²) in [6, 6.07) is 7.11. The van der Waals surface area contributed by atoms with Gasteiger partial charge in [-0.15, -0.1) is 0 Å². The van der Waals surface area contributed by atoms with Crippen LogP contribution in [-0.2, 0) is 6.42 Å². The van der Waals surface area contributed by atoms with Gasteiger partial charge in [-0.2, -0.15) is 0 Å². The first-order valence-corrected chi connectivity index (χ1v) is 5.36. The van der Waals surface area contributed by atoms with Crippen molar-refractivity contribution in [2.45, 2.75) is 25.0 Å². The van der Waals surface area contributed by atoms with Gasteiger partial charge in [-0.05, 0) is 24.0 Å². The molecule has 16 heavy (non-hydrogen) atoms. The van der Waals surface area contributed by atoms with Crippen LogP contribution in [-0.4, -0.2) is 39.7 Å². The molecule has 0 bridgehead atoms. The van der Waals surface area contributed by atoms with Crippen molar-refractivity contribution in [3.05, 3.63) is 35.4 Å². The van der Waals surface area contributed by atoms with Crippen LogP contribution < -0.4 is 0 Å². The van der Waals surface area contributed by atoms with Gasteiger partial charge in [-0.3, -0.25) is 0 Å². The molecule has 0 heterocycles. The molecule has 0 radical (unpaired) electrons. The van der Waals surface area contributed by atoms with Gasteiger partial charge in [0.05, 0.1) is 6.10 Å². The summed E-state index contributed by atoms with van der Waals surface area (Å²) in [5, 5.41) is 37.1. The Morgan fingerprint density at radius 3 is 2.31 bits per heavy atom. The van der Waals surface area contributed by atoms with Crippen LogP contribution in [0.1, 0.15) is 23.7 Å². The predicted molar refractivity (Wildman–Crippen MR) is 59.9 cm³/mol. The van der Waals surface area contributed by atoms with Crippen molar-refractivity contribution >= 4 is 0 Å². The van der Waals surface area contributed by atoms with Crippen LogP contribution in [0, 0.1) is 0 Å². The molecule has 0 fully saturated rings. The van der Waals surface area contributed by atoms with Crippen molar-refractivity contribution in [2.75, 3.05) is 13.2 Å². The Labute approximate surface area is 94.8 Å². The maximum absolute atomic E-state index is 9.88. The van der Waals surface area contributed by atoms with Crippen LogP contribution in [0.5, 0.6) is 0 Å². The third-order valence-corrected chi connectivity index (χ3v) is 2.54. The van der Waals surface area contributed by atoms with Crippen LogP contribution in [0.2, 0.25) is 0 Å². The monoisotopic (exact) mass is 226 g/mol. The van der Waals surface area contributed by atoms with E-state index in [0.717, 1.165) is 5.56 Å². The van der Waals surface area contributed by atoms with Gasteiger partial charge in [0.15, 0.2) is 0 Å². The highest BCUT2D eigenvalue weighted by molar-refractivity contribution is 5.29. The quantitative estimate of drug-likeness (QED) is 0.550. The van der Waals surface area contributed by atoms with Crippen molar-refractivity contribution in [3.63, 3.8) is 0 Å². The van der Waals surface area contributed by atoms with E-state index in [1.165, 1.54) is 0 Å². The molecule has 2 atom stereocenters. The summed E-state index contributed by atoms with van der Waals surface area (Å²) >= 11 is 0. The van der Waals surface area contributed by atoms with Crippen LogP contribution in [0.25, 0.3) is 0 Å². The fraction of sp³-hybridized carbons (Fsp3) is 0.500. The molecule has 1 aromatic carbocycles. The number of benzene rings is 1. The number of aliphatic hydroxyl groups excluding tert-OH is 4. The van der Waals surface area contributed by atoms with Crippen molar-refractivity contribution in [1.29, 1.82) is 0 Å². The first-order chi connectivity index (χ1) is 7.70. The number of hydrogen-bond donors (Lipinski definition) is 4. The van der Waals surface area contributed by atoms with Gasteiger partial charge in [-0.1, -0.05) is 24.3 Å². The molecule has 2 unspecified atom stereocenters. The molecule has 0 aliphatic carbocycles. The van der Waals surface area contributed by atoms with Crippen LogP contribution >= 0.6 is 0 Å². The summed E-state index contributed by atoms with van der Waals surface area (Å²) in [5.74, 6) is 0. The van der Waals surface area contributed by atoms with Crippen molar-refractivity contribution < 1.29 is 20.4 Å². The molecule has 4 nitrogen and oxygen atoms in total. The van der Waals surface area contributed by atoms with Crippen LogP contribution in [0.4, 0.5) is 0 Å². The lowest BCUT2D eigenvalue weighted by molar-refractivity contribution is 0.00367. The number of rotatable bonds is 6. The van der Waals surface area contributed by atoms with Gasteiger partial charge in [0.2, 0.25) is 0 Å². The molecule has 0 saturated carbocycles. The van der Waals surface area contributed by atoms with E-state index in [4.69, 9.17) is 10.2 Å². The lowest BCUT2D eigenvalue weighted by Gasteiger charge is -2.20. The summed E-state index contributed by atoms with van der Waals surface area (Å²) in [6.45, 7) is -0.166. The second kappa shape index (κ2) is 6.60. The van der Waals surface area contributed by atoms with E-state index in [9.17, 15) is 10.2 Å². The molecule has 4 heteroatoms. The van der Waals surface area contributed by atoms with Gasteiger partial charge in [0.1, 0.15) is 6.10 Å². The molecule has 0 spiro atoms. The van der Waals surface area contributed by atoms with E-state index in [1.807, 2.05) is 6.07 Å². The molecular formula is C12H18O4. The van der Waals surface area contributed by atoms with E-state index < -0.39 is 12.2 Å². The third kappa shape index (κ3) is 3.28. The van der Waals surface area contributed by atoms with Crippen LogP contribution in [0.3, 0.4) is 0 Å². The minimum atomic E-state index is -1.02. The highest BCUT2D eigenvalue weighted by Crippen LogP contribution is 2.22. The molecule has 0 saturated heterocycles. The lowest BCUT2D eigenvalue weighted by Crippen LogP contribution is -2.20. The largest absolute Gasteiger partial charge is 0.396 e. The van der Waals surface area contributed by atoms with E-state index in [0.29, 0.717) is 12.0 Å². The standard InChI is InChI=1S/C12H18O4/c13-7-5-9-3-1-2-4-10(9)12(16)11(15)6-8-14/h1-4,11-16H,5-8H2. The minimum absolute atomic E-state index is 0.000170. The maximum Gasteiger partial charge on any atom is 0.105 e. The molecule has 0 aliphatic heterocycles. The first-order valence-electron chi connectivity index (χ1n) is 5.36. The zero-order valence-corrected chi connectivity index (χ0v) is 9.08. The Balaban J connectivity index is 2.84. The minimum Gasteiger partial charge on any atom is -0.396 e. The first kappa shape index (κ1) is 13.1. The summed E-state index contributed by atoms with van der Waals surface area (Å²) in [7, 11) is 0. The van der Waals surface area contributed by atoms with Crippen molar-refractivity contribution in [3.8, 4) is 0 Å². The fourth-order valence-corrected chi connectivity index (χ4v) is 1.67. The summed E-state index contributed by atoms with van der Waals surface area (Å²) < 4.78 is 0. The summed E-state index contributed by atoms with van der Waals surface area (Å²) in [5.41, 5.74) is 1.42. The Bertz CT molecular complexity index is 314. The van der Waals surface area contributed by atoms with E-state index in [1.54, 1.807) is 18.2 Å². The SMILES string of the molecule is OCCc1ccccc1C(O)C(O)CCO. The van der Waals surface area contributed by atoms with E-state index >= 15 is 0 Å². The second-order valence-electron chi connectivity index (χ2n) is 3.70. The third-order valence-electron chi connectivity index (χ3n) is 2.54. The smallest absolute Gasteiger partial charge is 0.105 e. The van der Waals surface area contributed by atoms with Gasteiger partial charge in [-0.25, -0.2) is 0 Å². The maximum atomic E-state index is 9.88. The summed E-state index contributed by atoms with van der Waals surface area (Å²) in [6.07, 6.45) is -1.42. The molecule has 0 amide bonds. The zero-order chi connectivity index (χ0) is 12.0. The van der Waals surface area contributed by atoms with Gasteiger partial charge >= 0.3 is 0 Å². The molecule has 90 valence electrons. The molecule has 0 aromatic heterocycles. The second-order valence-corrected chi connectivity index (χ2v) is 3.70. The normalized spacial score (nSPS) is 14.8. The Morgan fingerprint density at radius 1 is 1.00 bits per heavy atom. The predicted octanol–water partition coefficient (Wildman–Crippen LogP) is -0.00190. The lowest BCUT2D eigenvalue weighted by atomic mass is 9.96. The fourth-order valence-electron chi connectivity index (χ4n) is 1.67. The summed E-state index contributed by atoms with van der Waals surface area (Å²) in [4.78, 5) is 0. The molecule has 0 aliphatic rings.